The molecule has 0 spiro atoms. The Labute approximate surface area is 380 Å². The van der Waals surface area contributed by atoms with Crippen LogP contribution in [0, 0.1) is 0 Å². The number of carbonyl (C=O) groups excluding carboxylic acids is 3. The fraction of sp³-hybridized carbons (Fsp3) is 0.625. The van der Waals surface area contributed by atoms with Crippen molar-refractivity contribution in [2.75, 3.05) is 13.2 Å². The molecule has 0 aliphatic heterocycles. The van der Waals surface area contributed by atoms with Gasteiger partial charge in [-0.1, -0.05) is 201 Å². The van der Waals surface area contributed by atoms with Gasteiger partial charge in [-0.3, -0.25) is 14.4 Å². The first-order valence-electron chi connectivity index (χ1n) is 24.9. The molecule has 0 aromatic carbocycles. The van der Waals surface area contributed by atoms with E-state index in [2.05, 4.69) is 130 Å². The maximum atomic E-state index is 12.8. The zero-order valence-corrected chi connectivity index (χ0v) is 39.8. The van der Waals surface area contributed by atoms with Crippen LogP contribution in [0.5, 0.6) is 0 Å². The van der Waals surface area contributed by atoms with Crippen molar-refractivity contribution in [1.82, 2.24) is 0 Å². The van der Waals surface area contributed by atoms with Crippen molar-refractivity contribution in [3.8, 4) is 0 Å². The zero-order valence-electron chi connectivity index (χ0n) is 39.8. The van der Waals surface area contributed by atoms with Crippen LogP contribution in [0.2, 0.25) is 0 Å². The van der Waals surface area contributed by atoms with Gasteiger partial charge in [0.15, 0.2) is 6.10 Å². The van der Waals surface area contributed by atoms with Gasteiger partial charge in [0.25, 0.3) is 0 Å². The minimum Gasteiger partial charge on any atom is -0.462 e. The average Bonchev–Trinajstić information content (AvgIpc) is 3.27. The van der Waals surface area contributed by atoms with Crippen LogP contribution in [0.4, 0.5) is 0 Å². The molecule has 0 saturated carbocycles. The molecular weight excluding hydrogens is 769 g/mol. The van der Waals surface area contributed by atoms with Crippen LogP contribution in [0.15, 0.2) is 109 Å². The van der Waals surface area contributed by atoms with Gasteiger partial charge in [0.2, 0.25) is 0 Å². The van der Waals surface area contributed by atoms with Gasteiger partial charge >= 0.3 is 17.9 Å². The smallest absolute Gasteiger partial charge is 0.306 e. The lowest BCUT2D eigenvalue weighted by Crippen LogP contribution is -2.30. The highest BCUT2D eigenvalue weighted by molar-refractivity contribution is 5.71. The number of hydrogen-bond acceptors (Lipinski definition) is 6. The van der Waals surface area contributed by atoms with Gasteiger partial charge < -0.3 is 14.2 Å². The minimum atomic E-state index is -0.822. The molecule has 6 nitrogen and oxygen atoms in total. The summed E-state index contributed by atoms with van der Waals surface area (Å²) >= 11 is 0. The van der Waals surface area contributed by atoms with Crippen molar-refractivity contribution in [2.24, 2.45) is 0 Å². The normalized spacial score (nSPS) is 13.0. The summed E-state index contributed by atoms with van der Waals surface area (Å²) in [7, 11) is 0. The van der Waals surface area contributed by atoms with Gasteiger partial charge in [-0.2, -0.15) is 0 Å². The highest BCUT2D eigenvalue weighted by atomic mass is 16.6. The van der Waals surface area contributed by atoms with Gasteiger partial charge in [-0.05, 0) is 96.3 Å². The van der Waals surface area contributed by atoms with E-state index in [1.807, 2.05) is 0 Å². The SMILES string of the molecule is CC/C=C\C/C=C\C/C=C\C/C=C\C/C=C\CCCC(=O)OC[C@@H](COC(=O)CCCCCCCCCCCCCC)OC(=O)CCCC/C=C\C/C=C\C/C=C\C/C=C\CC. The third-order valence-electron chi connectivity index (χ3n) is 10.0. The standard InChI is InChI=1S/C56H90O6/c1-4-7-10-13-16-19-22-25-27-28-30-31-34-37-40-43-46-49-55(58)61-52-53(51-60-54(57)48-45-42-39-36-33-24-21-18-15-12-9-6-3)62-56(59)50-47-44-41-38-35-32-29-26-23-20-17-14-11-8-5-2/h7-8,10-11,16-17,19-20,25-27,29-31,35,37-38,40,53H,4-6,9,12-15,18,21-24,28,32-34,36,39,41-52H2,1-3H3/b10-7-,11-8-,19-16-,20-17-,27-25-,29-26-,31-30-,38-35-,40-37-/t53-/m1/s1. The van der Waals surface area contributed by atoms with Gasteiger partial charge in [-0.15, -0.1) is 0 Å². The van der Waals surface area contributed by atoms with Crippen molar-refractivity contribution >= 4 is 17.9 Å². The first-order valence-corrected chi connectivity index (χ1v) is 24.9. The van der Waals surface area contributed by atoms with Crippen LogP contribution < -0.4 is 0 Å². The summed E-state index contributed by atoms with van der Waals surface area (Å²) < 4.78 is 16.7. The Hall–Kier alpha value is -3.93. The summed E-state index contributed by atoms with van der Waals surface area (Å²) in [5, 5.41) is 0. The topological polar surface area (TPSA) is 78.9 Å². The summed E-state index contributed by atoms with van der Waals surface area (Å²) in [6, 6.07) is 0. The summed E-state index contributed by atoms with van der Waals surface area (Å²) in [6.07, 6.45) is 66.5. The molecule has 0 fully saturated rings. The van der Waals surface area contributed by atoms with Crippen molar-refractivity contribution in [1.29, 1.82) is 0 Å². The van der Waals surface area contributed by atoms with Crippen LogP contribution in [-0.4, -0.2) is 37.2 Å². The molecular formula is C56H90O6. The van der Waals surface area contributed by atoms with Crippen molar-refractivity contribution in [3.63, 3.8) is 0 Å². The molecule has 350 valence electrons. The number of allylic oxidation sites excluding steroid dienone is 18. The highest BCUT2D eigenvalue weighted by Gasteiger charge is 2.19. The Morgan fingerprint density at radius 1 is 0.339 bits per heavy atom. The second-order valence-electron chi connectivity index (χ2n) is 16.0. The fourth-order valence-corrected chi connectivity index (χ4v) is 6.35. The third kappa shape index (κ3) is 47.1. The van der Waals surface area contributed by atoms with Gasteiger partial charge in [0.1, 0.15) is 13.2 Å². The second-order valence-corrected chi connectivity index (χ2v) is 16.0. The second kappa shape index (κ2) is 49.7. The fourth-order valence-electron chi connectivity index (χ4n) is 6.35. The molecule has 62 heavy (non-hydrogen) atoms. The Morgan fingerprint density at radius 2 is 0.645 bits per heavy atom. The molecule has 0 amide bonds. The quantitative estimate of drug-likeness (QED) is 0.0263. The third-order valence-corrected chi connectivity index (χ3v) is 10.0. The van der Waals surface area contributed by atoms with Crippen LogP contribution in [0.1, 0.15) is 207 Å². The summed E-state index contributed by atoms with van der Waals surface area (Å²) in [4.78, 5) is 37.9. The first-order chi connectivity index (χ1) is 30.5. The van der Waals surface area contributed by atoms with Crippen molar-refractivity contribution < 1.29 is 28.6 Å². The summed E-state index contributed by atoms with van der Waals surface area (Å²) in [5.74, 6) is -1.02. The van der Waals surface area contributed by atoms with Crippen LogP contribution in [-0.2, 0) is 28.6 Å². The number of rotatable bonds is 43. The van der Waals surface area contributed by atoms with Crippen molar-refractivity contribution in [2.45, 2.75) is 213 Å². The molecule has 0 aromatic rings. The zero-order chi connectivity index (χ0) is 45.1. The Kier molecular flexibility index (Phi) is 46.6. The molecule has 0 N–H and O–H groups in total. The Bertz CT molecular complexity index is 1310. The lowest BCUT2D eigenvalue weighted by Gasteiger charge is -2.18. The summed E-state index contributed by atoms with van der Waals surface area (Å²) in [6.45, 7) is 6.30. The van der Waals surface area contributed by atoms with Crippen LogP contribution >= 0.6 is 0 Å². The molecule has 6 heteroatoms. The van der Waals surface area contributed by atoms with E-state index in [0.717, 1.165) is 96.3 Å². The van der Waals surface area contributed by atoms with E-state index in [1.54, 1.807) is 0 Å². The number of hydrogen-bond donors (Lipinski definition) is 0. The molecule has 0 radical (unpaired) electrons. The predicted octanol–water partition coefficient (Wildman–Crippen LogP) is 16.4. The highest BCUT2D eigenvalue weighted by Crippen LogP contribution is 2.13. The maximum absolute atomic E-state index is 12.8. The maximum Gasteiger partial charge on any atom is 0.306 e. The molecule has 0 rings (SSSR count). The van der Waals surface area contributed by atoms with E-state index >= 15 is 0 Å². The molecule has 0 bridgehead atoms. The number of ether oxygens (including phenoxy) is 3. The van der Waals surface area contributed by atoms with E-state index in [4.69, 9.17) is 14.2 Å². The molecule has 0 unspecified atom stereocenters. The number of esters is 3. The first kappa shape index (κ1) is 58.1. The van der Waals surface area contributed by atoms with E-state index in [9.17, 15) is 14.4 Å². The predicted molar refractivity (Wildman–Crippen MR) is 265 cm³/mol. The number of carbonyl (C=O) groups is 3. The van der Waals surface area contributed by atoms with Crippen LogP contribution in [0.25, 0.3) is 0 Å². The molecule has 0 heterocycles. The van der Waals surface area contributed by atoms with Gasteiger partial charge in [0.05, 0.1) is 0 Å². The molecule has 0 aliphatic carbocycles. The monoisotopic (exact) mass is 859 g/mol. The van der Waals surface area contributed by atoms with E-state index in [0.29, 0.717) is 19.3 Å². The van der Waals surface area contributed by atoms with Crippen LogP contribution in [0.3, 0.4) is 0 Å². The summed E-state index contributed by atoms with van der Waals surface area (Å²) in [5.41, 5.74) is 0. The van der Waals surface area contributed by atoms with E-state index < -0.39 is 6.10 Å². The van der Waals surface area contributed by atoms with Crippen molar-refractivity contribution in [3.05, 3.63) is 109 Å². The lowest BCUT2D eigenvalue weighted by atomic mass is 10.0. The lowest BCUT2D eigenvalue weighted by molar-refractivity contribution is -0.167. The minimum absolute atomic E-state index is 0.113. The van der Waals surface area contributed by atoms with Gasteiger partial charge in [-0.25, -0.2) is 0 Å². The van der Waals surface area contributed by atoms with Gasteiger partial charge in [0, 0.05) is 19.3 Å². The Balaban J connectivity index is 4.56. The number of unbranched alkanes of at least 4 members (excludes halogenated alkanes) is 14. The average molecular weight is 859 g/mol. The molecule has 0 aliphatic rings. The van der Waals surface area contributed by atoms with E-state index in [1.165, 1.54) is 57.8 Å². The largest absolute Gasteiger partial charge is 0.462 e. The Morgan fingerprint density at radius 3 is 1.05 bits per heavy atom. The molecule has 0 aromatic heterocycles. The van der Waals surface area contributed by atoms with E-state index in [-0.39, 0.29) is 44.0 Å². The molecule has 0 saturated heterocycles. The molecule has 1 atom stereocenters.